The fourth-order valence-electron chi connectivity index (χ4n) is 5.64. The van der Waals surface area contributed by atoms with Crippen LogP contribution in [0.3, 0.4) is 0 Å². The molecule has 39 heavy (non-hydrogen) atoms. The van der Waals surface area contributed by atoms with Crippen LogP contribution >= 0.6 is 0 Å². The van der Waals surface area contributed by atoms with Gasteiger partial charge >= 0.3 is 0 Å². The number of aromatic nitrogens is 3. The average Bonchev–Trinajstić information content (AvgIpc) is 2.94. The Morgan fingerprint density at radius 1 is 0.256 bits per heavy atom. The van der Waals surface area contributed by atoms with Gasteiger partial charge in [0.05, 0.1) is 0 Å². The van der Waals surface area contributed by atoms with Crippen molar-refractivity contribution < 1.29 is 0 Å². The Bertz CT molecular complexity index is 532. The predicted molar refractivity (Wildman–Crippen MR) is 173 cm³/mol. The van der Waals surface area contributed by atoms with Gasteiger partial charge in [0.2, 0.25) is 0 Å². The first-order valence-corrected chi connectivity index (χ1v) is 18.0. The highest BCUT2D eigenvalue weighted by molar-refractivity contribution is 4.99. The third kappa shape index (κ3) is 23.4. The first-order chi connectivity index (χ1) is 19.3. The third-order valence-corrected chi connectivity index (χ3v) is 8.29. The summed E-state index contributed by atoms with van der Waals surface area (Å²) in [4.78, 5) is 14.8. The van der Waals surface area contributed by atoms with Crippen LogP contribution < -0.4 is 0 Å². The molecule has 1 heterocycles. The molecule has 1 rings (SSSR count). The molecule has 0 saturated carbocycles. The normalized spacial score (nSPS) is 11.5. The summed E-state index contributed by atoms with van der Waals surface area (Å²) in [5, 5.41) is 0. The molecule has 3 heteroatoms. The molecule has 0 saturated heterocycles. The summed E-state index contributed by atoms with van der Waals surface area (Å²) in [7, 11) is 0. The Kier molecular flexibility index (Phi) is 26.4. The molecule has 0 bridgehead atoms. The zero-order valence-corrected chi connectivity index (χ0v) is 27.1. The Morgan fingerprint density at radius 3 is 0.641 bits per heavy atom. The van der Waals surface area contributed by atoms with Crippen LogP contribution in [0.15, 0.2) is 0 Å². The second kappa shape index (κ2) is 28.5. The maximum absolute atomic E-state index is 4.94. The molecule has 0 aliphatic rings. The van der Waals surface area contributed by atoms with Gasteiger partial charge in [-0.15, -0.1) is 0 Å². The molecule has 0 amide bonds. The van der Waals surface area contributed by atoms with Gasteiger partial charge in [-0.05, 0) is 19.3 Å². The molecule has 228 valence electrons. The van der Waals surface area contributed by atoms with Crippen LogP contribution in [0, 0.1) is 0 Å². The van der Waals surface area contributed by atoms with Gasteiger partial charge in [0.15, 0.2) is 0 Å². The van der Waals surface area contributed by atoms with E-state index < -0.39 is 0 Å². The van der Waals surface area contributed by atoms with Gasteiger partial charge in [0.25, 0.3) is 0 Å². The maximum Gasteiger partial charge on any atom is 0.132 e. The second-order valence-corrected chi connectivity index (χ2v) is 12.3. The summed E-state index contributed by atoms with van der Waals surface area (Å²) < 4.78 is 0. The Balaban J connectivity index is 2.38. The number of rotatable bonds is 30. The van der Waals surface area contributed by atoms with Gasteiger partial charge in [-0.2, -0.15) is 0 Å². The smallest absolute Gasteiger partial charge is 0.132 e. The lowest BCUT2D eigenvalue weighted by molar-refractivity contribution is 0.550. The molecule has 0 atom stereocenters. The lowest BCUT2D eigenvalue weighted by Gasteiger charge is -2.08. The standard InChI is InChI=1S/C36H69N3/c1-4-7-10-13-16-19-22-25-28-31-34-37-35(32-29-26-23-20-17-14-11-8-5-2)39-36(38-34)33-30-27-24-21-18-15-12-9-6-3/h4-33H2,1-3H3. The van der Waals surface area contributed by atoms with Crippen molar-refractivity contribution in [1.29, 1.82) is 0 Å². The molecule has 0 aliphatic heterocycles. The van der Waals surface area contributed by atoms with Gasteiger partial charge in [-0.25, -0.2) is 15.0 Å². The van der Waals surface area contributed by atoms with Crippen LogP contribution in [0.2, 0.25) is 0 Å². The van der Waals surface area contributed by atoms with Gasteiger partial charge in [-0.1, -0.05) is 175 Å². The van der Waals surface area contributed by atoms with Crippen molar-refractivity contribution in [3.63, 3.8) is 0 Å². The first-order valence-electron chi connectivity index (χ1n) is 18.0. The largest absolute Gasteiger partial charge is 0.218 e. The third-order valence-electron chi connectivity index (χ3n) is 8.29. The van der Waals surface area contributed by atoms with Crippen molar-refractivity contribution in [1.82, 2.24) is 15.0 Å². The van der Waals surface area contributed by atoms with Crippen molar-refractivity contribution in [2.24, 2.45) is 0 Å². The summed E-state index contributed by atoms with van der Waals surface area (Å²) in [6.45, 7) is 6.89. The molecule has 1 aromatic rings. The lowest BCUT2D eigenvalue weighted by Crippen LogP contribution is -2.08. The second-order valence-electron chi connectivity index (χ2n) is 12.3. The number of nitrogens with zero attached hydrogens (tertiary/aromatic N) is 3. The minimum absolute atomic E-state index is 1.04. The summed E-state index contributed by atoms with van der Waals surface area (Å²) in [5.41, 5.74) is 0. The summed E-state index contributed by atoms with van der Waals surface area (Å²) in [6.07, 6.45) is 40.1. The highest BCUT2D eigenvalue weighted by Gasteiger charge is 2.08. The van der Waals surface area contributed by atoms with E-state index in [2.05, 4.69) is 20.8 Å². The van der Waals surface area contributed by atoms with E-state index in [-0.39, 0.29) is 0 Å². The summed E-state index contributed by atoms with van der Waals surface area (Å²) in [5.74, 6) is 3.22. The average molecular weight is 544 g/mol. The summed E-state index contributed by atoms with van der Waals surface area (Å²) in [6, 6.07) is 0. The molecule has 0 unspecified atom stereocenters. The highest BCUT2D eigenvalue weighted by atomic mass is 15.0. The molecule has 0 N–H and O–H groups in total. The Morgan fingerprint density at radius 2 is 0.436 bits per heavy atom. The predicted octanol–water partition coefficient (Wildman–Crippen LogP) is 12.1. The number of unbranched alkanes of at least 4 members (excludes halogenated alkanes) is 24. The van der Waals surface area contributed by atoms with Gasteiger partial charge < -0.3 is 0 Å². The fraction of sp³-hybridized carbons (Fsp3) is 0.917. The minimum atomic E-state index is 1.04. The summed E-state index contributed by atoms with van der Waals surface area (Å²) >= 11 is 0. The SMILES string of the molecule is CCCCCCCCCCCc1nc(CCCCCCCCCCC)nc(CCCCCCCCCCC)n1. The van der Waals surface area contributed by atoms with Crippen molar-refractivity contribution in [2.75, 3.05) is 0 Å². The van der Waals surface area contributed by atoms with Crippen LogP contribution in [-0.2, 0) is 19.3 Å². The van der Waals surface area contributed by atoms with Crippen LogP contribution in [0.25, 0.3) is 0 Å². The first kappa shape index (κ1) is 36.0. The van der Waals surface area contributed by atoms with E-state index >= 15 is 0 Å². The highest BCUT2D eigenvalue weighted by Crippen LogP contribution is 2.15. The zero-order valence-electron chi connectivity index (χ0n) is 27.1. The molecule has 0 aromatic carbocycles. The van der Waals surface area contributed by atoms with Crippen LogP contribution in [0.4, 0.5) is 0 Å². The van der Waals surface area contributed by atoms with Crippen molar-refractivity contribution in [3.05, 3.63) is 17.5 Å². The lowest BCUT2D eigenvalue weighted by atomic mass is 10.1. The molecule has 0 spiro atoms. The maximum atomic E-state index is 4.94. The van der Waals surface area contributed by atoms with Crippen molar-refractivity contribution in [3.8, 4) is 0 Å². The minimum Gasteiger partial charge on any atom is -0.218 e. The van der Waals surface area contributed by atoms with E-state index in [1.54, 1.807) is 0 Å². The van der Waals surface area contributed by atoms with Crippen LogP contribution in [0.5, 0.6) is 0 Å². The van der Waals surface area contributed by atoms with E-state index in [0.29, 0.717) is 0 Å². The van der Waals surface area contributed by atoms with Crippen LogP contribution in [-0.4, -0.2) is 15.0 Å². The Hall–Kier alpha value is -0.990. The quantitative estimate of drug-likeness (QED) is 0.0905. The molecular formula is C36H69N3. The van der Waals surface area contributed by atoms with Crippen LogP contribution in [0.1, 0.15) is 212 Å². The molecule has 0 radical (unpaired) electrons. The van der Waals surface area contributed by atoms with E-state index in [0.717, 1.165) is 36.7 Å². The van der Waals surface area contributed by atoms with Crippen molar-refractivity contribution in [2.45, 2.75) is 213 Å². The molecular weight excluding hydrogens is 474 g/mol. The van der Waals surface area contributed by atoms with E-state index in [1.165, 1.54) is 173 Å². The molecule has 1 aromatic heterocycles. The van der Waals surface area contributed by atoms with E-state index in [9.17, 15) is 0 Å². The van der Waals surface area contributed by atoms with E-state index in [4.69, 9.17) is 15.0 Å². The number of hydrogen-bond acceptors (Lipinski definition) is 3. The molecule has 0 fully saturated rings. The van der Waals surface area contributed by atoms with Crippen molar-refractivity contribution >= 4 is 0 Å². The monoisotopic (exact) mass is 544 g/mol. The number of aryl methyl sites for hydroxylation is 3. The topological polar surface area (TPSA) is 38.7 Å². The number of hydrogen-bond donors (Lipinski definition) is 0. The molecule has 3 nitrogen and oxygen atoms in total. The fourth-order valence-corrected chi connectivity index (χ4v) is 5.64. The van der Waals surface area contributed by atoms with Gasteiger partial charge in [0, 0.05) is 19.3 Å². The Labute approximate surface area is 245 Å². The zero-order chi connectivity index (χ0) is 28.1. The van der Waals surface area contributed by atoms with Gasteiger partial charge in [-0.3, -0.25) is 0 Å². The van der Waals surface area contributed by atoms with Gasteiger partial charge in [0.1, 0.15) is 17.5 Å². The molecule has 0 aliphatic carbocycles. The van der Waals surface area contributed by atoms with E-state index in [1.807, 2.05) is 0 Å².